The lowest BCUT2D eigenvalue weighted by Crippen LogP contribution is -1.97. The zero-order valence-corrected chi connectivity index (χ0v) is 24.9. The maximum Gasteiger partial charge on any atom is 0.187 e. The van der Waals surface area contributed by atoms with Gasteiger partial charge in [0.1, 0.15) is 0 Å². The molecule has 3 nitrogen and oxygen atoms in total. The quantitative estimate of drug-likeness (QED) is 0.188. The summed E-state index contributed by atoms with van der Waals surface area (Å²) in [4.78, 5) is 13.8. The Balaban J connectivity index is 1.28. The van der Waals surface area contributed by atoms with Crippen molar-refractivity contribution in [1.29, 1.82) is 0 Å². The standard InChI is InChI=1S/C43H27N3/c1-44-38-22-20-30(21-23-38)32-16-17-34-25-36(19-18-33(34)24-32)41-28-42(46-43(45-41)31-12-6-3-7-13-31)40-27-37(29-10-4-2-5-11-29)26-35-14-8-9-15-39(35)40/h2-28H. The van der Waals surface area contributed by atoms with Crippen molar-refractivity contribution in [3.63, 3.8) is 0 Å². The summed E-state index contributed by atoms with van der Waals surface area (Å²) < 4.78 is 0. The van der Waals surface area contributed by atoms with Gasteiger partial charge in [-0.2, -0.15) is 0 Å². The molecule has 1 heterocycles. The molecule has 0 spiro atoms. The summed E-state index contributed by atoms with van der Waals surface area (Å²) in [6.45, 7) is 7.24. The maximum atomic E-state index is 7.24. The van der Waals surface area contributed by atoms with Crippen LogP contribution in [-0.4, -0.2) is 9.97 Å². The molecular weight excluding hydrogens is 558 g/mol. The molecule has 7 aromatic carbocycles. The van der Waals surface area contributed by atoms with Crippen molar-refractivity contribution in [2.75, 3.05) is 0 Å². The topological polar surface area (TPSA) is 30.1 Å². The minimum atomic E-state index is 0.646. The maximum absolute atomic E-state index is 7.24. The van der Waals surface area contributed by atoms with E-state index in [1.807, 2.05) is 48.5 Å². The van der Waals surface area contributed by atoms with Gasteiger partial charge in [-0.25, -0.2) is 14.8 Å². The molecule has 0 radical (unpaired) electrons. The first-order valence-corrected chi connectivity index (χ1v) is 15.3. The Morgan fingerprint density at radius 3 is 1.70 bits per heavy atom. The molecule has 0 saturated heterocycles. The van der Waals surface area contributed by atoms with E-state index in [1.165, 1.54) is 10.9 Å². The molecule has 214 valence electrons. The first-order chi connectivity index (χ1) is 22.7. The average molecular weight is 586 g/mol. The van der Waals surface area contributed by atoms with E-state index in [0.717, 1.165) is 60.9 Å². The Labute approximate surface area is 267 Å². The Hall–Kier alpha value is -6.37. The Morgan fingerprint density at radius 2 is 0.957 bits per heavy atom. The lowest BCUT2D eigenvalue weighted by Gasteiger charge is -2.14. The second kappa shape index (κ2) is 11.6. The molecule has 1 aromatic heterocycles. The van der Waals surface area contributed by atoms with E-state index in [1.54, 1.807) is 0 Å². The van der Waals surface area contributed by atoms with Gasteiger partial charge in [-0.15, -0.1) is 0 Å². The van der Waals surface area contributed by atoms with E-state index in [2.05, 4.69) is 120 Å². The van der Waals surface area contributed by atoms with Crippen LogP contribution in [0.5, 0.6) is 0 Å². The van der Waals surface area contributed by atoms with Crippen molar-refractivity contribution in [2.24, 2.45) is 0 Å². The number of nitrogens with zero attached hydrogens (tertiary/aromatic N) is 3. The van der Waals surface area contributed by atoms with Gasteiger partial charge in [-0.3, -0.25) is 0 Å². The fraction of sp³-hybridized carbons (Fsp3) is 0. The first kappa shape index (κ1) is 27.2. The zero-order valence-electron chi connectivity index (χ0n) is 24.9. The van der Waals surface area contributed by atoms with Crippen LogP contribution < -0.4 is 0 Å². The highest BCUT2D eigenvalue weighted by atomic mass is 14.9. The van der Waals surface area contributed by atoms with Crippen molar-refractivity contribution < 1.29 is 0 Å². The van der Waals surface area contributed by atoms with E-state index >= 15 is 0 Å². The van der Waals surface area contributed by atoms with E-state index in [-0.39, 0.29) is 0 Å². The van der Waals surface area contributed by atoms with Gasteiger partial charge in [0.15, 0.2) is 11.5 Å². The summed E-state index contributed by atoms with van der Waals surface area (Å²) >= 11 is 0. The molecule has 0 unspecified atom stereocenters. The monoisotopic (exact) mass is 585 g/mol. The minimum Gasteiger partial charge on any atom is -0.238 e. The van der Waals surface area contributed by atoms with Crippen molar-refractivity contribution in [3.05, 3.63) is 175 Å². The van der Waals surface area contributed by atoms with Gasteiger partial charge in [-0.05, 0) is 74.1 Å². The van der Waals surface area contributed by atoms with E-state index in [0.29, 0.717) is 11.5 Å². The number of aromatic nitrogens is 2. The van der Waals surface area contributed by atoms with Crippen LogP contribution in [0.2, 0.25) is 0 Å². The molecule has 0 bridgehead atoms. The molecule has 0 aliphatic heterocycles. The predicted octanol–water partition coefficient (Wildman–Crippen LogP) is 11.7. The van der Waals surface area contributed by atoms with Crippen LogP contribution in [0.25, 0.3) is 82.5 Å². The fourth-order valence-corrected chi connectivity index (χ4v) is 6.08. The van der Waals surface area contributed by atoms with Crippen LogP contribution in [-0.2, 0) is 0 Å². The van der Waals surface area contributed by atoms with Crippen LogP contribution in [0, 0.1) is 6.57 Å². The molecule has 0 atom stereocenters. The number of rotatable bonds is 5. The molecule has 0 aliphatic carbocycles. The van der Waals surface area contributed by atoms with Gasteiger partial charge < -0.3 is 0 Å². The summed E-state index contributed by atoms with van der Waals surface area (Å²) in [7, 11) is 0. The van der Waals surface area contributed by atoms with Gasteiger partial charge >= 0.3 is 0 Å². The van der Waals surface area contributed by atoms with Gasteiger partial charge in [0.25, 0.3) is 0 Å². The van der Waals surface area contributed by atoms with E-state index < -0.39 is 0 Å². The molecule has 0 aliphatic rings. The lowest BCUT2D eigenvalue weighted by atomic mass is 9.94. The summed E-state index contributed by atoms with van der Waals surface area (Å²) in [5, 5.41) is 4.61. The number of benzene rings is 7. The summed E-state index contributed by atoms with van der Waals surface area (Å²) in [5.41, 5.74) is 10.0. The first-order valence-electron chi connectivity index (χ1n) is 15.3. The van der Waals surface area contributed by atoms with Gasteiger partial charge in [0.05, 0.1) is 18.0 Å². The number of fused-ring (bicyclic) bond motifs is 2. The third kappa shape index (κ3) is 5.19. The molecule has 8 rings (SSSR count). The van der Waals surface area contributed by atoms with Crippen molar-refractivity contribution >= 4 is 27.2 Å². The number of hydrogen-bond acceptors (Lipinski definition) is 2. The van der Waals surface area contributed by atoms with E-state index in [4.69, 9.17) is 16.5 Å². The zero-order chi connectivity index (χ0) is 30.9. The average Bonchev–Trinajstić information content (AvgIpc) is 3.14. The second-order valence-electron chi connectivity index (χ2n) is 11.4. The molecule has 0 saturated carbocycles. The third-order valence-electron chi connectivity index (χ3n) is 8.47. The lowest BCUT2D eigenvalue weighted by molar-refractivity contribution is 1.19. The molecule has 0 N–H and O–H groups in total. The highest BCUT2D eigenvalue weighted by molar-refractivity contribution is 6.00. The van der Waals surface area contributed by atoms with Gasteiger partial charge in [0, 0.05) is 16.7 Å². The fourth-order valence-electron chi connectivity index (χ4n) is 6.08. The Morgan fingerprint density at radius 1 is 0.391 bits per heavy atom. The van der Waals surface area contributed by atoms with Gasteiger partial charge in [0.2, 0.25) is 0 Å². The van der Waals surface area contributed by atoms with Crippen LogP contribution in [0.4, 0.5) is 5.69 Å². The molecular formula is C43H27N3. The smallest absolute Gasteiger partial charge is 0.187 e. The Kier molecular flexibility index (Phi) is 6.87. The van der Waals surface area contributed by atoms with Crippen LogP contribution in [0.3, 0.4) is 0 Å². The third-order valence-corrected chi connectivity index (χ3v) is 8.47. The molecule has 0 fully saturated rings. The molecule has 3 heteroatoms. The molecule has 46 heavy (non-hydrogen) atoms. The van der Waals surface area contributed by atoms with Crippen LogP contribution in [0.15, 0.2) is 164 Å². The van der Waals surface area contributed by atoms with Crippen molar-refractivity contribution in [1.82, 2.24) is 9.97 Å². The summed E-state index contributed by atoms with van der Waals surface area (Å²) in [6.07, 6.45) is 0. The number of hydrogen-bond donors (Lipinski definition) is 0. The van der Waals surface area contributed by atoms with Crippen LogP contribution >= 0.6 is 0 Å². The van der Waals surface area contributed by atoms with Crippen molar-refractivity contribution in [3.8, 4) is 56.2 Å². The molecule has 8 aromatic rings. The minimum absolute atomic E-state index is 0.646. The summed E-state index contributed by atoms with van der Waals surface area (Å²) in [5.74, 6) is 0.695. The summed E-state index contributed by atoms with van der Waals surface area (Å²) in [6, 6.07) is 56.6. The van der Waals surface area contributed by atoms with E-state index in [9.17, 15) is 0 Å². The SMILES string of the molecule is [C-]#[N+]c1ccc(-c2ccc3cc(-c4cc(-c5cc(-c6ccccc6)cc6ccccc56)nc(-c5ccccc5)n4)ccc3c2)cc1. The largest absolute Gasteiger partial charge is 0.238 e. The highest BCUT2D eigenvalue weighted by Crippen LogP contribution is 2.36. The molecule has 0 amide bonds. The van der Waals surface area contributed by atoms with Gasteiger partial charge in [-0.1, -0.05) is 133 Å². The normalized spacial score (nSPS) is 11.0. The van der Waals surface area contributed by atoms with Crippen molar-refractivity contribution in [2.45, 2.75) is 0 Å². The second-order valence-corrected chi connectivity index (χ2v) is 11.4. The van der Waals surface area contributed by atoms with Crippen LogP contribution in [0.1, 0.15) is 0 Å². The Bertz CT molecular complexity index is 2410. The predicted molar refractivity (Wildman–Crippen MR) is 190 cm³/mol. The highest BCUT2D eigenvalue weighted by Gasteiger charge is 2.15.